The van der Waals surface area contributed by atoms with Gasteiger partial charge in [-0.25, -0.2) is 4.79 Å². The molecule has 1 aliphatic heterocycles. The van der Waals surface area contributed by atoms with Crippen LogP contribution in [0.5, 0.6) is 0 Å². The van der Waals surface area contributed by atoms with Crippen LogP contribution in [-0.4, -0.2) is 35.6 Å². The second-order valence-corrected chi connectivity index (χ2v) is 8.13. The van der Waals surface area contributed by atoms with Gasteiger partial charge in [0.2, 0.25) is 0 Å². The molecule has 0 aromatic heterocycles. The molecule has 1 saturated heterocycles. The third-order valence-corrected chi connectivity index (χ3v) is 5.73. The molecule has 2 fully saturated rings. The molecule has 122 valence electrons. The average molecular weight is 295 g/mol. The molecule has 3 nitrogen and oxygen atoms in total. The fourth-order valence-corrected chi connectivity index (χ4v) is 4.67. The van der Waals surface area contributed by atoms with Crippen LogP contribution in [0.25, 0.3) is 0 Å². The van der Waals surface area contributed by atoms with Crippen LogP contribution in [-0.2, 0) is 4.79 Å². The molecule has 1 saturated carbocycles. The Hall–Kier alpha value is -0.410. The number of nitrogens with zero attached hydrogens (tertiary/aromatic N) is 1. The Kier molecular flexibility index (Phi) is 5.48. The third-order valence-electron chi connectivity index (χ3n) is 5.73. The second kappa shape index (κ2) is 6.78. The highest BCUT2D eigenvalue weighted by Gasteiger charge is 2.53. The maximum absolute atomic E-state index is 13.0. The van der Waals surface area contributed by atoms with Gasteiger partial charge in [-0.3, -0.25) is 4.48 Å². The van der Waals surface area contributed by atoms with E-state index in [9.17, 15) is 4.79 Å². The monoisotopic (exact) mass is 295 g/mol. The summed E-state index contributed by atoms with van der Waals surface area (Å²) >= 11 is 0. The normalized spacial score (nSPS) is 40.1. The van der Waals surface area contributed by atoms with Crippen molar-refractivity contribution in [2.75, 3.05) is 13.1 Å². The van der Waals surface area contributed by atoms with E-state index in [1.54, 1.807) is 0 Å². The Balaban J connectivity index is 2.19. The van der Waals surface area contributed by atoms with Gasteiger partial charge < -0.3 is 5.73 Å². The van der Waals surface area contributed by atoms with Crippen molar-refractivity contribution in [2.24, 2.45) is 23.5 Å². The first-order chi connectivity index (χ1) is 9.89. The number of carbonyl (C=O) groups is 1. The van der Waals surface area contributed by atoms with Gasteiger partial charge in [-0.1, -0.05) is 26.7 Å². The minimum absolute atomic E-state index is 0.123. The van der Waals surface area contributed by atoms with Gasteiger partial charge in [0.15, 0.2) is 0 Å². The molecule has 2 N–H and O–H groups in total. The van der Waals surface area contributed by atoms with Crippen LogP contribution in [0.4, 0.5) is 0 Å². The van der Waals surface area contributed by atoms with Crippen LogP contribution in [0.3, 0.4) is 0 Å². The number of quaternary nitrogens is 1. The molecule has 2 aliphatic rings. The molecule has 1 amide bonds. The predicted molar refractivity (Wildman–Crippen MR) is 87.6 cm³/mol. The highest BCUT2D eigenvalue weighted by molar-refractivity contribution is 5.71. The first kappa shape index (κ1) is 17.0. The second-order valence-electron chi connectivity index (χ2n) is 8.13. The topological polar surface area (TPSA) is 43.1 Å². The minimum Gasteiger partial charge on any atom is -0.323 e. The minimum atomic E-state index is 0.123. The Morgan fingerprint density at radius 3 is 2.43 bits per heavy atom. The summed E-state index contributed by atoms with van der Waals surface area (Å²) < 4.78 is 0.706. The van der Waals surface area contributed by atoms with E-state index >= 15 is 0 Å². The first-order valence-electron chi connectivity index (χ1n) is 9.05. The van der Waals surface area contributed by atoms with E-state index in [-0.39, 0.29) is 12.0 Å². The lowest BCUT2D eigenvalue weighted by Gasteiger charge is -2.54. The van der Waals surface area contributed by atoms with Crippen molar-refractivity contribution in [3.05, 3.63) is 0 Å². The number of hydrogen-bond donors (Lipinski definition) is 1. The standard InChI is InChI=1S/C18H35N2O/c1-5-6-7-15-10-16(19)12-20(11-15,18(21)13(2)3)17-8-14(4)9-17/h13-17H,5-12,19H2,1-4H3/q+1. The SMILES string of the molecule is CCCCC1CC(N)C[N+](C(=O)C(C)C)(C2CC(C)C2)C1. The van der Waals surface area contributed by atoms with Crippen LogP contribution in [0.1, 0.15) is 66.2 Å². The van der Waals surface area contributed by atoms with Crippen LogP contribution in [0.2, 0.25) is 0 Å². The quantitative estimate of drug-likeness (QED) is 0.791. The van der Waals surface area contributed by atoms with E-state index in [2.05, 4.69) is 27.7 Å². The summed E-state index contributed by atoms with van der Waals surface area (Å²) in [6, 6.07) is 0.754. The van der Waals surface area contributed by atoms with E-state index < -0.39 is 0 Å². The van der Waals surface area contributed by atoms with E-state index in [1.807, 2.05) is 0 Å². The van der Waals surface area contributed by atoms with Crippen LogP contribution in [0, 0.1) is 17.8 Å². The zero-order valence-electron chi connectivity index (χ0n) is 14.5. The summed E-state index contributed by atoms with van der Waals surface area (Å²) in [7, 11) is 0. The van der Waals surface area contributed by atoms with E-state index in [0.29, 0.717) is 22.3 Å². The highest BCUT2D eigenvalue weighted by Crippen LogP contribution is 2.41. The smallest absolute Gasteiger partial charge is 0.316 e. The summed E-state index contributed by atoms with van der Waals surface area (Å²) in [5.74, 6) is 2.01. The van der Waals surface area contributed by atoms with Gasteiger partial charge in [-0.15, -0.1) is 0 Å². The molecule has 0 bridgehead atoms. The van der Waals surface area contributed by atoms with Crippen LogP contribution >= 0.6 is 0 Å². The fraction of sp³-hybridized carbons (Fsp3) is 0.944. The lowest BCUT2D eigenvalue weighted by molar-refractivity contribution is -0.897. The number of unbranched alkanes of at least 4 members (excludes halogenated alkanes) is 1. The summed E-state index contributed by atoms with van der Waals surface area (Å²) in [6.07, 6.45) is 7.31. The third kappa shape index (κ3) is 3.50. The Morgan fingerprint density at radius 2 is 1.90 bits per heavy atom. The van der Waals surface area contributed by atoms with Gasteiger partial charge in [0.25, 0.3) is 0 Å². The van der Waals surface area contributed by atoms with Crippen molar-refractivity contribution >= 4 is 5.91 Å². The average Bonchev–Trinajstić information content (AvgIpc) is 2.40. The first-order valence-corrected chi connectivity index (χ1v) is 9.05. The Bertz CT molecular complexity index is 362. The van der Waals surface area contributed by atoms with Gasteiger partial charge in [-0.05, 0) is 32.6 Å². The Labute approximate surface area is 130 Å². The summed E-state index contributed by atoms with van der Waals surface area (Å²) in [5, 5.41) is 0. The predicted octanol–water partition coefficient (Wildman–Crippen LogP) is 3.32. The van der Waals surface area contributed by atoms with E-state index in [4.69, 9.17) is 5.73 Å². The lowest BCUT2D eigenvalue weighted by atomic mass is 9.75. The molecule has 21 heavy (non-hydrogen) atoms. The molecule has 3 unspecified atom stereocenters. The number of likely N-dealkylation sites (tertiary alicyclic amines) is 1. The van der Waals surface area contributed by atoms with Crippen LogP contribution < -0.4 is 5.73 Å². The van der Waals surface area contributed by atoms with Gasteiger partial charge in [0.1, 0.15) is 6.54 Å². The number of nitrogens with two attached hydrogens (primary N) is 1. The Morgan fingerprint density at radius 1 is 1.24 bits per heavy atom. The summed E-state index contributed by atoms with van der Waals surface area (Å²) in [5.41, 5.74) is 6.39. The zero-order chi connectivity index (χ0) is 15.6. The molecule has 1 heterocycles. The number of rotatable bonds is 5. The molecular weight excluding hydrogens is 260 g/mol. The lowest BCUT2D eigenvalue weighted by Crippen LogP contribution is -2.71. The number of hydrogen-bond acceptors (Lipinski definition) is 2. The number of carbonyl (C=O) groups excluding carboxylic acids is 1. The number of amides is 1. The molecule has 0 radical (unpaired) electrons. The molecule has 0 aromatic rings. The summed E-state index contributed by atoms with van der Waals surface area (Å²) in [6.45, 7) is 10.6. The maximum atomic E-state index is 13.0. The van der Waals surface area contributed by atoms with Crippen LogP contribution in [0.15, 0.2) is 0 Å². The van der Waals surface area contributed by atoms with Gasteiger partial charge >= 0.3 is 5.91 Å². The number of piperidine rings is 1. The van der Waals surface area contributed by atoms with Gasteiger partial charge in [0.05, 0.1) is 24.5 Å². The molecule has 2 rings (SSSR count). The van der Waals surface area contributed by atoms with Crippen molar-refractivity contribution in [3.63, 3.8) is 0 Å². The van der Waals surface area contributed by atoms with Crippen molar-refractivity contribution in [2.45, 2.75) is 78.3 Å². The van der Waals surface area contributed by atoms with Gasteiger partial charge in [0, 0.05) is 18.8 Å². The molecule has 1 aliphatic carbocycles. The van der Waals surface area contributed by atoms with Crippen molar-refractivity contribution in [3.8, 4) is 0 Å². The maximum Gasteiger partial charge on any atom is 0.316 e. The fourth-order valence-electron chi connectivity index (χ4n) is 4.67. The van der Waals surface area contributed by atoms with E-state index in [0.717, 1.165) is 25.4 Å². The molecule has 3 heteroatoms. The molecule has 3 atom stereocenters. The van der Waals surface area contributed by atoms with Crippen molar-refractivity contribution in [1.29, 1.82) is 0 Å². The molecule has 0 aromatic carbocycles. The highest BCUT2D eigenvalue weighted by atomic mass is 16.2. The molecule has 0 spiro atoms. The molecular formula is C18H35N2O+. The van der Waals surface area contributed by atoms with E-state index in [1.165, 1.54) is 32.1 Å². The zero-order valence-corrected chi connectivity index (χ0v) is 14.5. The van der Waals surface area contributed by atoms with Crippen molar-refractivity contribution in [1.82, 2.24) is 0 Å². The summed E-state index contributed by atoms with van der Waals surface area (Å²) in [4.78, 5) is 13.0. The van der Waals surface area contributed by atoms with Crippen molar-refractivity contribution < 1.29 is 9.28 Å². The van der Waals surface area contributed by atoms with Gasteiger partial charge in [-0.2, -0.15) is 0 Å². The largest absolute Gasteiger partial charge is 0.323 e.